The van der Waals surface area contributed by atoms with Crippen molar-refractivity contribution in [2.24, 2.45) is 5.14 Å². The molecular weight excluding hydrogens is 521 g/mol. The molecule has 1 aromatic heterocycles. The highest BCUT2D eigenvalue weighted by atomic mass is 35.5. The molecule has 0 saturated heterocycles. The number of anilines is 2. The minimum absolute atomic E-state index is 0.153. The van der Waals surface area contributed by atoms with E-state index < -0.39 is 21.5 Å². The molecule has 0 spiro atoms. The average molecular weight is 548 g/mol. The molecule has 2 aromatic carbocycles. The molecule has 0 aliphatic heterocycles. The van der Waals surface area contributed by atoms with Gasteiger partial charge in [-0.3, -0.25) is 19.6 Å². The number of hydrogen-bond acceptors (Lipinski definition) is 5. The van der Waals surface area contributed by atoms with Gasteiger partial charge in [0.25, 0.3) is 11.8 Å². The van der Waals surface area contributed by atoms with Crippen molar-refractivity contribution >= 4 is 61.6 Å². The fourth-order valence-electron chi connectivity index (χ4n) is 3.25. The third-order valence-electron chi connectivity index (χ3n) is 5.40. The van der Waals surface area contributed by atoms with Crippen LogP contribution in [-0.4, -0.2) is 50.9 Å². The highest BCUT2D eigenvalue weighted by molar-refractivity contribution is 7.99. The zero-order chi connectivity index (χ0) is 26.3. The number of nitrogens with one attached hydrogen (secondary N) is 2. The van der Waals surface area contributed by atoms with Gasteiger partial charge >= 0.3 is 0 Å². The molecule has 0 aliphatic carbocycles. The summed E-state index contributed by atoms with van der Waals surface area (Å²) in [4.78, 5) is 32.3. The molecule has 3 rings (SSSR count). The minimum atomic E-state index is -2.86. The van der Waals surface area contributed by atoms with Crippen molar-refractivity contribution in [1.82, 2.24) is 9.88 Å². The maximum atomic E-state index is 12.9. The molecule has 11 heteroatoms. The number of benzene rings is 2. The van der Waals surface area contributed by atoms with Crippen LogP contribution in [0.3, 0.4) is 0 Å². The second kappa shape index (κ2) is 12.3. The predicted octanol–water partition coefficient (Wildman–Crippen LogP) is 4.55. The molecule has 0 radical (unpaired) electrons. The predicted molar refractivity (Wildman–Crippen MR) is 147 cm³/mol. The van der Waals surface area contributed by atoms with E-state index in [1.54, 1.807) is 35.7 Å². The molecule has 1 atom stereocenters. The quantitative estimate of drug-likeness (QED) is 0.339. The fraction of sp³-hybridized carbons (Fsp3) is 0.200. The molecule has 4 N–H and O–H groups in total. The largest absolute Gasteiger partial charge is 0.321 e. The molecule has 0 aliphatic rings. The second-order valence-electron chi connectivity index (χ2n) is 7.78. The molecule has 0 fully saturated rings. The van der Waals surface area contributed by atoms with Crippen LogP contribution in [-0.2, 0) is 9.71 Å². The van der Waals surface area contributed by atoms with E-state index in [0.717, 1.165) is 13.1 Å². The van der Waals surface area contributed by atoms with Gasteiger partial charge in [0.05, 0.1) is 26.0 Å². The molecule has 190 valence electrons. The van der Waals surface area contributed by atoms with Crippen LogP contribution >= 0.6 is 23.2 Å². The van der Waals surface area contributed by atoms with Crippen molar-refractivity contribution in [3.05, 3.63) is 82.0 Å². The van der Waals surface area contributed by atoms with E-state index in [9.17, 15) is 13.8 Å². The smallest absolute Gasteiger partial charge is 0.258 e. The van der Waals surface area contributed by atoms with Crippen molar-refractivity contribution in [2.75, 3.05) is 30.3 Å². The Morgan fingerprint density at radius 2 is 1.64 bits per heavy atom. The molecule has 0 saturated carbocycles. The van der Waals surface area contributed by atoms with Crippen LogP contribution in [0.1, 0.15) is 34.6 Å². The van der Waals surface area contributed by atoms with Crippen molar-refractivity contribution in [2.45, 2.75) is 18.7 Å². The first kappa shape index (κ1) is 27.6. The molecule has 8 nitrogen and oxygen atoms in total. The number of amides is 2. The normalized spacial score (nSPS) is 12.6. The summed E-state index contributed by atoms with van der Waals surface area (Å²) in [6.07, 6.45) is 1.41. The van der Waals surface area contributed by atoms with E-state index >= 15 is 0 Å². The van der Waals surface area contributed by atoms with Gasteiger partial charge in [-0.2, -0.15) is 0 Å². The Morgan fingerprint density at radius 3 is 2.25 bits per heavy atom. The molecule has 2 amide bonds. The summed E-state index contributed by atoms with van der Waals surface area (Å²) in [5.41, 5.74) is 0.716. The van der Waals surface area contributed by atoms with Gasteiger partial charge in [-0.1, -0.05) is 37.0 Å². The second-order valence-corrected chi connectivity index (χ2v) is 10.8. The average Bonchev–Trinajstić information content (AvgIpc) is 2.87. The number of hydrogen-bond donors (Lipinski definition) is 3. The van der Waals surface area contributed by atoms with Gasteiger partial charge in [-0.25, -0.2) is 9.19 Å². The monoisotopic (exact) mass is 547 g/mol. The molecule has 3 aromatic rings. The topological polar surface area (TPSA) is 117 Å². The van der Waals surface area contributed by atoms with Crippen LogP contribution in [0.2, 0.25) is 10.0 Å². The number of carbonyl (C=O) groups is 2. The standard InChI is InChI=1S/C25H27Cl2N5O3S/c1-3-32(4-2)13-14-36(28,35)20-9-5-17(6-10-20)24(33)30-22-11-7-18(26)15-21(22)25(34)31-23-12-8-19(27)16-29-23/h5-12,14-16H,3-4,13H2,1-2H3,(H2,28,35)(H,30,33)(H,29,31,34). The molecule has 1 unspecified atom stereocenters. The fourth-order valence-corrected chi connectivity index (χ4v) is 4.72. The summed E-state index contributed by atoms with van der Waals surface area (Å²) in [6.45, 7) is 6.18. The summed E-state index contributed by atoms with van der Waals surface area (Å²) in [5, 5.41) is 13.8. The molecular formula is C25H27Cl2N5O3S. The number of nitrogens with zero attached hydrogens (tertiary/aromatic N) is 2. The third-order valence-corrected chi connectivity index (χ3v) is 7.51. The van der Waals surface area contributed by atoms with Crippen LogP contribution in [0, 0.1) is 0 Å². The van der Waals surface area contributed by atoms with Gasteiger partial charge in [-0.05, 0) is 67.7 Å². The van der Waals surface area contributed by atoms with Crippen LogP contribution in [0.25, 0.3) is 0 Å². The van der Waals surface area contributed by atoms with Crippen LogP contribution in [0.5, 0.6) is 0 Å². The summed E-state index contributed by atoms with van der Waals surface area (Å²) in [7, 11) is -2.86. The Kier molecular flexibility index (Phi) is 9.47. The van der Waals surface area contributed by atoms with Gasteiger partial charge in [0.1, 0.15) is 5.82 Å². The number of rotatable bonds is 9. The zero-order valence-corrected chi connectivity index (χ0v) is 22.2. The summed E-state index contributed by atoms with van der Waals surface area (Å²) >= 11 is 11.9. The van der Waals surface area contributed by atoms with E-state index in [2.05, 4.69) is 20.5 Å². The van der Waals surface area contributed by atoms with E-state index in [0.29, 0.717) is 32.9 Å². The lowest BCUT2D eigenvalue weighted by Gasteiger charge is -2.16. The SMILES string of the molecule is CCN(CC)CC=S(N)(=O)c1ccc(C(=O)Nc2ccc(Cl)cc2C(=O)Nc2ccc(Cl)cn2)cc1. The Bertz CT molecular complexity index is 1350. The first-order chi connectivity index (χ1) is 17.1. The van der Waals surface area contributed by atoms with Crippen molar-refractivity contribution in [3.63, 3.8) is 0 Å². The maximum absolute atomic E-state index is 12.9. The Balaban J connectivity index is 1.77. The number of aromatic nitrogens is 1. The lowest BCUT2D eigenvalue weighted by Crippen LogP contribution is -2.28. The van der Waals surface area contributed by atoms with Gasteiger partial charge in [-0.15, -0.1) is 0 Å². The van der Waals surface area contributed by atoms with E-state index in [1.165, 1.54) is 30.5 Å². The Labute approximate surface area is 220 Å². The van der Waals surface area contributed by atoms with Crippen molar-refractivity contribution in [3.8, 4) is 0 Å². The third kappa shape index (κ3) is 7.28. The highest BCUT2D eigenvalue weighted by Gasteiger charge is 2.17. The molecule has 0 bridgehead atoms. The first-order valence-corrected chi connectivity index (χ1v) is 13.6. The van der Waals surface area contributed by atoms with E-state index in [1.807, 2.05) is 13.8 Å². The Morgan fingerprint density at radius 1 is 0.972 bits per heavy atom. The van der Waals surface area contributed by atoms with Crippen LogP contribution in [0.4, 0.5) is 11.5 Å². The van der Waals surface area contributed by atoms with Crippen molar-refractivity contribution in [1.29, 1.82) is 0 Å². The number of carbonyl (C=O) groups excluding carboxylic acids is 2. The first-order valence-electron chi connectivity index (χ1n) is 11.1. The lowest BCUT2D eigenvalue weighted by molar-refractivity contribution is 0.102. The van der Waals surface area contributed by atoms with E-state index in [4.69, 9.17) is 28.3 Å². The maximum Gasteiger partial charge on any atom is 0.258 e. The van der Waals surface area contributed by atoms with Gasteiger partial charge in [0.15, 0.2) is 0 Å². The molecule has 36 heavy (non-hydrogen) atoms. The number of pyridine rings is 1. The Hall–Kier alpha value is -2.95. The molecule has 1 heterocycles. The summed E-state index contributed by atoms with van der Waals surface area (Å²) in [6, 6.07) is 13.9. The van der Waals surface area contributed by atoms with Crippen molar-refractivity contribution < 1.29 is 13.8 Å². The van der Waals surface area contributed by atoms with E-state index in [-0.39, 0.29) is 11.3 Å². The van der Waals surface area contributed by atoms with Crippen LogP contribution < -0.4 is 15.8 Å². The summed E-state index contributed by atoms with van der Waals surface area (Å²) < 4.78 is 12.9. The minimum Gasteiger partial charge on any atom is -0.321 e. The lowest BCUT2D eigenvalue weighted by atomic mass is 10.1. The number of nitrogens with two attached hydrogens (primary N) is 1. The zero-order valence-electron chi connectivity index (χ0n) is 19.8. The number of halogens is 2. The van der Waals surface area contributed by atoms with Gasteiger partial charge in [0, 0.05) is 33.6 Å². The van der Waals surface area contributed by atoms with Gasteiger partial charge < -0.3 is 10.6 Å². The highest BCUT2D eigenvalue weighted by Crippen LogP contribution is 2.23. The van der Waals surface area contributed by atoms with Gasteiger partial charge in [0.2, 0.25) is 0 Å². The van der Waals surface area contributed by atoms with Crippen LogP contribution in [0.15, 0.2) is 65.7 Å². The summed E-state index contributed by atoms with van der Waals surface area (Å²) in [5.74, 6) is -0.678.